The molecule has 0 saturated carbocycles. The Morgan fingerprint density at radius 3 is 2.88 bits per heavy atom. The second-order valence-corrected chi connectivity index (χ2v) is 6.10. The molecule has 2 heterocycles. The highest BCUT2D eigenvalue weighted by Gasteiger charge is 2.29. The smallest absolute Gasteiger partial charge is 0.283 e. The van der Waals surface area contributed by atoms with Gasteiger partial charge in [0.15, 0.2) is 11.2 Å². The molecular formula is C19H21NO6. The van der Waals surface area contributed by atoms with Gasteiger partial charge in [-0.15, -0.1) is 0 Å². The second-order valence-electron chi connectivity index (χ2n) is 6.10. The number of benzene rings is 1. The summed E-state index contributed by atoms with van der Waals surface area (Å²) < 4.78 is 16.7. The van der Waals surface area contributed by atoms with Crippen molar-refractivity contribution in [1.29, 1.82) is 0 Å². The van der Waals surface area contributed by atoms with Crippen molar-refractivity contribution in [2.24, 2.45) is 5.73 Å². The zero-order chi connectivity index (χ0) is 18.5. The van der Waals surface area contributed by atoms with Crippen LogP contribution in [0.4, 0.5) is 0 Å². The maximum absolute atomic E-state index is 12.8. The predicted molar refractivity (Wildman–Crippen MR) is 94.3 cm³/mol. The molecule has 7 heteroatoms. The van der Waals surface area contributed by atoms with Crippen molar-refractivity contribution < 1.29 is 23.8 Å². The largest absolute Gasteiger partial charge is 0.464 e. The summed E-state index contributed by atoms with van der Waals surface area (Å²) >= 11 is 0. The number of hydrogen-bond donors (Lipinski definition) is 2. The van der Waals surface area contributed by atoms with Crippen molar-refractivity contribution in [2.75, 3.05) is 13.2 Å². The number of aliphatic hydroxyl groups excluding tert-OH is 1. The minimum atomic E-state index is -0.719. The number of amides is 1. The molecule has 3 rings (SSSR count). The van der Waals surface area contributed by atoms with Gasteiger partial charge in [0.1, 0.15) is 5.58 Å². The van der Waals surface area contributed by atoms with Crippen molar-refractivity contribution in [3.63, 3.8) is 0 Å². The van der Waals surface area contributed by atoms with E-state index in [0.29, 0.717) is 42.4 Å². The van der Waals surface area contributed by atoms with Gasteiger partial charge in [0.25, 0.3) is 5.91 Å². The predicted octanol–water partition coefficient (Wildman–Crippen LogP) is 1.78. The van der Waals surface area contributed by atoms with E-state index in [9.17, 15) is 9.59 Å². The van der Waals surface area contributed by atoms with E-state index in [4.69, 9.17) is 24.7 Å². The minimum absolute atomic E-state index is 0.0269. The molecule has 1 aliphatic heterocycles. The number of allylic oxidation sites excluding steroid dienone is 1. The van der Waals surface area contributed by atoms with E-state index < -0.39 is 18.1 Å². The normalized spacial score (nSPS) is 19.8. The lowest BCUT2D eigenvalue weighted by molar-refractivity contribution is -0.144. The van der Waals surface area contributed by atoms with Crippen LogP contribution < -0.4 is 11.2 Å². The van der Waals surface area contributed by atoms with Gasteiger partial charge in [-0.3, -0.25) is 9.59 Å². The molecule has 0 aliphatic carbocycles. The third-order valence-corrected chi connectivity index (χ3v) is 4.26. The highest BCUT2D eigenvalue weighted by molar-refractivity contribution is 5.90. The third kappa shape index (κ3) is 3.95. The van der Waals surface area contributed by atoms with E-state index >= 15 is 0 Å². The number of fused-ring (bicyclic) bond motifs is 1. The van der Waals surface area contributed by atoms with Crippen molar-refractivity contribution >= 4 is 16.9 Å². The SMILES string of the molecule is NC(=O)C1=C[C@@H](c2coc3ccccc3c2=O)C[C@@H](OCCCCO)O1. The van der Waals surface area contributed by atoms with Crippen LogP contribution in [-0.4, -0.2) is 30.5 Å². The lowest BCUT2D eigenvalue weighted by Crippen LogP contribution is -2.31. The molecule has 0 spiro atoms. The first-order valence-electron chi connectivity index (χ1n) is 8.51. The fraction of sp³-hybridized carbons (Fsp3) is 0.368. The first kappa shape index (κ1) is 18.2. The van der Waals surface area contributed by atoms with Crippen molar-refractivity contribution in [3.8, 4) is 0 Å². The van der Waals surface area contributed by atoms with Crippen LogP contribution in [-0.2, 0) is 14.3 Å². The lowest BCUT2D eigenvalue weighted by atomic mass is 9.93. The molecule has 3 N–H and O–H groups in total. The Morgan fingerprint density at radius 2 is 2.12 bits per heavy atom. The van der Waals surface area contributed by atoms with Crippen molar-refractivity contribution in [3.05, 3.63) is 58.2 Å². The van der Waals surface area contributed by atoms with Crippen LogP contribution in [0.25, 0.3) is 11.0 Å². The van der Waals surface area contributed by atoms with Gasteiger partial charge in [-0.05, 0) is 31.1 Å². The van der Waals surface area contributed by atoms with Gasteiger partial charge in [-0.25, -0.2) is 0 Å². The van der Waals surface area contributed by atoms with Crippen LogP contribution in [0.5, 0.6) is 0 Å². The van der Waals surface area contributed by atoms with Gasteiger partial charge in [0.2, 0.25) is 6.29 Å². The quantitative estimate of drug-likeness (QED) is 0.729. The van der Waals surface area contributed by atoms with Gasteiger partial charge < -0.3 is 24.7 Å². The Morgan fingerprint density at radius 1 is 1.31 bits per heavy atom. The van der Waals surface area contributed by atoms with E-state index in [1.54, 1.807) is 24.3 Å². The molecule has 2 aromatic rings. The van der Waals surface area contributed by atoms with Gasteiger partial charge >= 0.3 is 0 Å². The highest BCUT2D eigenvalue weighted by Crippen LogP contribution is 2.30. The topological polar surface area (TPSA) is 112 Å². The number of primary amides is 1. The molecule has 0 bridgehead atoms. The highest BCUT2D eigenvalue weighted by atomic mass is 16.7. The molecule has 0 saturated heterocycles. The maximum atomic E-state index is 12.8. The molecule has 1 amide bonds. The fourth-order valence-electron chi connectivity index (χ4n) is 2.92. The van der Waals surface area contributed by atoms with Crippen LogP contribution >= 0.6 is 0 Å². The standard InChI is InChI=1S/C19H21NO6/c20-19(23)16-9-12(10-17(26-16)24-8-4-3-7-21)14-11-25-15-6-2-1-5-13(15)18(14)22/h1-2,5-6,9,11-12,17,21H,3-4,7-8,10H2,(H2,20,23)/t12-,17+/m1/s1. The van der Waals surface area contributed by atoms with Gasteiger partial charge in [-0.2, -0.15) is 0 Å². The molecule has 0 radical (unpaired) electrons. The van der Waals surface area contributed by atoms with E-state index in [0.717, 1.165) is 0 Å². The van der Waals surface area contributed by atoms with E-state index in [1.165, 1.54) is 12.3 Å². The van der Waals surface area contributed by atoms with E-state index in [2.05, 4.69) is 0 Å². The Labute approximate surface area is 150 Å². The molecule has 1 aliphatic rings. The Balaban J connectivity index is 1.87. The van der Waals surface area contributed by atoms with Crippen LogP contribution in [0.3, 0.4) is 0 Å². The summed E-state index contributed by atoms with van der Waals surface area (Å²) in [5.74, 6) is -1.15. The van der Waals surface area contributed by atoms with Crippen molar-refractivity contribution in [1.82, 2.24) is 0 Å². The number of carbonyl (C=O) groups excluding carboxylic acids is 1. The number of nitrogens with two attached hydrogens (primary N) is 1. The van der Waals surface area contributed by atoms with Crippen LogP contribution in [0.15, 0.2) is 51.6 Å². The number of carbonyl (C=O) groups is 1. The van der Waals surface area contributed by atoms with Gasteiger partial charge in [-0.1, -0.05) is 12.1 Å². The van der Waals surface area contributed by atoms with Crippen molar-refractivity contribution in [2.45, 2.75) is 31.5 Å². The third-order valence-electron chi connectivity index (χ3n) is 4.26. The summed E-state index contributed by atoms with van der Waals surface area (Å²) in [6, 6.07) is 6.99. The average Bonchev–Trinajstić information content (AvgIpc) is 2.65. The molecular weight excluding hydrogens is 338 g/mol. The number of para-hydroxylation sites is 1. The molecule has 138 valence electrons. The summed E-state index contributed by atoms with van der Waals surface area (Å²) in [6.07, 6.45) is 3.89. The Bertz CT molecular complexity index is 872. The number of ether oxygens (including phenoxy) is 2. The second kappa shape index (κ2) is 8.16. The molecule has 0 fully saturated rings. The zero-order valence-corrected chi connectivity index (χ0v) is 14.2. The number of hydrogen-bond acceptors (Lipinski definition) is 6. The number of aliphatic hydroxyl groups is 1. The number of rotatable bonds is 7. The summed E-state index contributed by atoms with van der Waals surface area (Å²) in [6.45, 7) is 0.457. The molecule has 26 heavy (non-hydrogen) atoms. The Kier molecular flexibility index (Phi) is 5.70. The summed E-state index contributed by atoms with van der Waals surface area (Å²) in [7, 11) is 0. The minimum Gasteiger partial charge on any atom is -0.464 e. The first-order chi connectivity index (χ1) is 12.6. The summed E-state index contributed by atoms with van der Waals surface area (Å²) in [5, 5.41) is 9.30. The molecule has 0 unspecified atom stereocenters. The monoisotopic (exact) mass is 359 g/mol. The summed E-state index contributed by atoms with van der Waals surface area (Å²) in [5.41, 5.74) is 6.13. The molecule has 2 atom stereocenters. The van der Waals surface area contributed by atoms with Crippen LogP contribution in [0, 0.1) is 0 Å². The summed E-state index contributed by atoms with van der Waals surface area (Å²) in [4.78, 5) is 24.4. The average molecular weight is 359 g/mol. The maximum Gasteiger partial charge on any atom is 0.283 e. The lowest BCUT2D eigenvalue weighted by Gasteiger charge is -2.28. The number of unbranched alkanes of at least 4 members (excludes halogenated alkanes) is 1. The van der Waals surface area contributed by atoms with Crippen LogP contribution in [0.2, 0.25) is 0 Å². The molecule has 1 aromatic heterocycles. The zero-order valence-electron chi connectivity index (χ0n) is 14.2. The van der Waals surface area contributed by atoms with Gasteiger partial charge in [0, 0.05) is 24.5 Å². The van der Waals surface area contributed by atoms with Gasteiger partial charge in [0.05, 0.1) is 18.3 Å². The molecule has 1 aromatic carbocycles. The fourth-order valence-corrected chi connectivity index (χ4v) is 2.92. The Hall–Kier alpha value is -2.64. The van der Waals surface area contributed by atoms with Crippen LogP contribution in [0.1, 0.15) is 30.7 Å². The van der Waals surface area contributed by atoms with E-state index in [-0.39, 0.29) is 17.8 Å². The van der Waals surface area contributed by atoms with E-state index in [1.807, 2.05) is 0 Å². The first-order valence-corrected chi connectivity index (χ1v) is 8.51. The molecule has 7 nitrogen and oxygen atoms in total.